The summed E-state index contributed by atoms with van der Waals surface area (Å²) in [6, 6.07) is 2.06. The molecule has 0 aromatic heterocycles. The fourth-order valence-corrected chi connectivity index (χ4v) is 2.36. The van der Waals surface area contributed by atoms with Crippen molar-refractivity contribution >= 4 is 21.8 Å². The summed E-state index contributed by atoms with van der Waals surface area (Å²) in [5, 5.41) is 2.64. The van der Waals surface area contributed by atoms with Crippen LogP contribution < -0.4 is 5.32 Å². The smallest absolute Gasteiger partial charge is 0.257 e. The van der Waals surface area contributed by atoms with Crippen LogP contribution in [-0.4, -0.2) is 11.9 Å². The summed E-state index contributed by atoms with van der Waals surface area (Å²) in [7, 11) is 0. The fraction of sp³-hybridized carbons (Fsp3) is 0.533. The van der Waals surface area contributed by atoms with Gasteiger partial charge in [0.15, 0.2) is 0 Å². The van der Waals surface area contributed by atoms with Crippen molar-refractivity contribution in [2.75, 3.05) is 0 Å². The van der Waals surface area contributed by atoms with Crippen LogP contribution in [0.1, 0.15) is 50.4 Å². The zero-order valence-corrected chi connectivity index (χ0v) is 13.6. The Bertz CT molecular complexity index is 454. The Balaban J connectivity index is 2.63. The lowest BCUT2D eigenvalue weighted by molar-refractivity contribution is 0.0929. The van der Waals surface area contributed by atoms with E-state index in [4.69, 9.17) is 0 Å². The molecule has 112 valence electrons. The summed E-state index contributed by atoms with van der Waals surface area (Å²) in [4.78, 5) is 11.9. The molecule has 1 aromatic carbocycles. The minimum absolute atomic E-state index is 0.108. The fourth-order valence-electron chi connectivity index (χ4n) is 1.96. The van der Waals surface area contributed by atoms with Crippen LogP contribution in [-0.2, 0) is 0 Å². The number of halogens is 3. The molecular formula is C15H20BrF2NO. The highest BCUT2D eigenvalue weighted by atomic mass is 79.9. The first kappa shape index (κ1) is 17.1. The van der Waals surface area contributed by atoms with Crippen LogP contribution in [0.4, 0.5) is 8.78 Å². The molecular weight excluding hydrogens is 328 g/mol. The topological polar surface area (TPSA) is 29.1 Å². The third-order valence-corrected chi connectivity index (χ3v) is 3.49. The van der Waals surface area contributed by atoms with E-state index in [1.54, 1.807) is 0 Å². The summed E-state index contributed by atoms with van der Waals surface area (Å²) in [5.74, 6) is -1.81. The highest BCUT2D eigenvalue weighted by Crippen LogP contribution is 2.19. The molecule has 0 bridgehead atoms. The van der Waals surface area contributed by atoms with Crippen molar-refractivity contribution in [1.82, 2.24) is 5.32 Å². The highest BCUT2D eigenvalue weighted by Gasteiger charge is 2.19. The van der Waals surface area contributed by atoms with E-state index in [0.29, 0.717) is 5.92 Å². The van der Waals surface area contributed by atoms with E-state index < -0.39 is 23.1 Å². The molecule has 0 saturated heterocycles. The Morgan fingerprint density at radius 2 is 1.75 bits per heavy atom. The van der Waals surface area contributed by atoms with Crippen LogP contribution in [0.2, 0.25) is 0 Å². The molecule has 5 heteroatoms. The van der Waals surface area contributed by atoms with Crippen LogP contribution in [0.3, 0.4) is 0 Å². The van der Waals surface area contributed by atoms with Gasteiger partial charge in [-0.25, -0.2) is 8.78 Å². The van der Waals surface area contributed by atoms with Crippen molar-refractivity contribution in [2.45, 2.75) is 46.1 Å². The third kappa shape index (κ3) is 5.19. The van der Waals surface area contributed by atoms with Crippen molar-refractivity contribution in [3.63, 3.8) is 0 Å². The quantitative estimate of drug-likeness (QED) is 0.795. The number of benzene rings is 1. The summed E-state index contributed by atoms with van der Waals surface area (Å²) in [6.07, 6.45) is 2.84. The van der Waals surface area contributed by atoms with E-state index in [0.717, 1.165) is 31.4 Å². The predicted octanol–water partition coefficient (Wildman–Crippen LogP) is 4.67. The number of carbonyl (C=O) groups is 1. The van der Waals surface area contributed by atoms with Crippen molar-refractivity contribution in [2.24, 2.45) is 5.92 Å². The average molecular weight is 348 g/mol. The lowest BCUT2D eigenvalue weighted by Crippen LogP contribution is -2.33. The predicted molar refractivity (Wildman–Crippen MR) is 79.7 cm³/mol. The van der Waals surface area contributed by atoms with E-state index >= 15 is 0 Å². The van der Waals surface area contributed by atoms with Gasteiger partial charge in [0.1, 0.15) is 17.2 Å². The SMILES string of the molecule is CC(C)CCCC(C)NC(=O)c1c(F)cc(Br)cc1F. The highest BCUT2D eigenvalue weighted by molar-refractivity contribution is 9.10. The number of hydrogen-bond donors (Lipinski definition) is 1. The van der Waals surface area contributed by atoms with Gasteiger partial charge in [0.2, 0.25) is 0 Å². The first-order chi connectivity index (χ1) is 9.31. The third-order valence-electron chi connectivity index (χ3n) is 3.03. The monoisotopic (exact) mass is 347 g/mol. The average Bonchev–Trinajstić information content (AvgIpc) is 2.26. The maximum absolute atomic E-state index is 13.6. The van der Waals surface area contributed by atoms with Gasteiger partial charge in [-0.15, -0.1) is 0 Å². The van der Waals surface area contributed by atoms with E-state index in [1.165, 1.54) is 0 Å². The molecule has 2 nitrogen and oxygen atoms in total. The van der Waals surface area contributed by atoms with E-state index in [9.17, 15) is 13.6 Å². The molecule has 0 radical (unpaired) electrons. The van der Waals surface area contributed by atoms with E-state index in [-0.39, 0.29) is 10.5 Å². The van der Waals surface area contributed by atoms with E-state index in [1.807, 2.05) is 6.92 Å². The first-order valence-electron chi connectivity index (χ1n) is 6.76. The van der Waals surface area contributed by atoms with Crippen LogP contribution in [0.25, 0.3) is 0 Å². The van der Waals surface area contributed by atoms with Crippen molar-refractivity contribution in [3.05, 3.63) is 33.8 Å². The molecule has 0 saturated carbocycles. The molecule has 0 fully saturated rings. The molecule has 1 N–H and O–H groups in total. The zero-order chi connectivity index (χ0) is 15.3. The number of carbonyl (C=O) groups excluding carboxylic acids is 1. The Hall–Kier alpha value is -0.970. The normalized spacial score (nSPS) is 12.6. The van der Waals surface area contributed by atoms with E-state index in [2.05, 4.69) is 35.1 Å². The van der Waals surface area contributed by atoms with Crippen LogP contribution in [0.5, 0.6) is 0 Å². The summed E-state index contributed by atoms with van der Waals surface area (Å²) in [5.41, 5.74) is -0.524. The number of rotatable bonds is 6. The first-order valence-corrected chi connectivity index (χ1v) is 7.56. The van der Waals surface area contributed by atoms with Crippen molar-refractivity contribution in [3.8, 4) is 0 Å². The molecule has 0 aliphatic heterocycles. The Morgan fingerprint density at radius 1 is 1.20 bits per heavy atom. The van der Waals surface area contributed by atoms with Gasteiger partial charge < -0.3 is 5.32 Å². The molecule has 1 unspecified atom stereocenters. The summed E-state index contributed by atoms with van der Waals surface area (Å²) < 4.78 is 27.6. The lowest BCUT2D eigenvalue weighted by Gasteiger charge is -2.15. The van der Waals surface area contributed by atoms with Gasteiger partial charge >= 0.3 is 0 Å². The molecule has 0 aliphatic rings. The Morgan fingerprint density at radius 3 is 2.25 bits per heavy atom. The largest absolute Gasteiger partial charge is 0.349 e. The van der Waals surface area contributed by atoms with Gasteiger partial charge in [-0.05, 0) is 31.4 Å². The van der Waals surface area contributed by atoms with Gasteiger partial charge in [0.25, 0.3) is 5.91 Å². The standard InChI is InChI=1S/C15H20BrF2NO/c1-9(2)5-4-6-10(3)19-15(20)14-12(17)7-11(16)8-13(14)18/h7-10H,4-6H2,1-3H3,(H,19,20). The second kappa shape index (κ2) is 7.72. The molecule has 0 aliphatic carbocycles. The molecule has 1 aromatic rings. The van der Waals surface area contributed by atoms with Gasteiger partial charge in [0, 0.05) is 10.5 Å². The molecule has 1 rings (SSSR count). The molecule has 0 heterocycles. The zero-order valence-electron chi connectivity index (χ0n) is 12.0. The van der Waals surface area contributed by atoms with Gasteiger partial charge in [0.05, 0.1) is 0 Å². The summed E-state index contributed by atoms with van der Waals surface area (Å²) in [6.45, 7) is 6.11. The number of hydrogen-bond acceptors (Lipinski definition) is 1. The number of nitrogens with one attached hydrogen (secondary N) is 1. The minimum Gasteiger partial charge on any atom is -0.349 e. The van der Waals surface area contributed by atoms with Crippen LogP contribution in [0.15, 0.2) is 16.6 Å². The minimum atomic E-state index is -0.858. The lowest BCUT2D eigenvalue weighted by atomic mass is 10.0. The van der Waals surface area contributed by atoms with Crippen LogP contribution in [0, 0.1) is 17.6 Å². The van der Waals surface area contributed by atoms with Gasteiger partial charge in [-0.1, -0.05) is 42.6 Å². The second-order valence-corrected chi connectivity index (χ2v) is 6.36. The maximum atomic E-state index is 13.6. The van der Waals surface area contributed by atoms with Gasteiger partial charge in [-0.2, -0.15) is 0 Å². The second-order valence-electron chi connectivity index (χ2n) is 5.44. The number of amides is 1. The molecule has 1 atom stereocenters. The van der Waals surface area contributed by atoms with Crippen LogP contribution >= 0.6 is 15.9 Å². The molecule has 0 spiro atoms. The molecule has 20 heavy (non-hydrogen) atoms. The van der Waals surface area contributed by atoms with Crippen molar-refractivity contribution in [1.29, 1.82) is 0 Å². The Labute approximate surface area is 127 Å². The maximum Gasteiger partial charge on any atom is 0.257 e. The Kier molecular flexibility index (Phi) is 6.59. The van der Waals surface area contributed by atoms with Gasteiger partial charge in [-0.3, -0.25) is 4.79 Å². The van der Waals surface area contributed by atoms with Crippen molar-refractivity contribution < 1.29 is 13.6 Å². The summed E-state index contributed by atoms with van der Waals surface area (Å²) >= 11 is 2.98. The molecule has 1 amide bonds.